The summed E-state index contributed by atoms with van der Waals surface area (Å²) in [5.41, 5.74) is 1.04. The standard InChI is InChI=1S/C21H27NO4S/c1-24-15-21(23)22(17-6-3-4-7-17)13-16-9-10-19(25-2)20(12-16)26-14-18-8-5-11-27-18/h5,8-12,17H,3-4,6-7,13-15H2,1-2H3. The van der Waals surface area contributed by atoms with E-state index in [1.54, 1.807) is 25.6 Å². The van der Waals surface area contributed by atoms with Crippen LogP contribution in [-0.2, 0) is 22.7 Å². The minimum Gasteiger partial charge on any atom is -0.493 e. The highest BCUT2D eigenvalue weighted by Crippen LogP contribution is 2.31. The van der Waals surface area contributed by atoms with Gasteiger partial charge in [-0.1, -0.05) is 25.0 Å². The monoisotopic (exact) mass is 389 g/mol. The van der Waals surface area contributed by atoms with Crippen LogP contribution in [0, 0.1) is 0 Å². The quantitative estimate of drug-likeness (QED) is 0.643. The van der Waals surface area contributed by atoms with Gasteiger partial charge in [0, 0.05) is 24.6 Å². The lowest BCUT2D eigenvalue weighted by molar-refractivity contribution is -0.138. The van der Waals surface area contributed by atoms with Crippen molar-refractivity contribution in [1.82, 2.24) is 4.90 Å². The molecule has 0 radical (unpaired) electrons. The molecular weight excluding hydrogens is 362 g/mol. The second-order valence-corrected chi connectivity index (χ2v) is 7.78. The summed E-state index contributed by atoms with van der Waals surface area (Å²) in [5.74, 6) is 1.45. The number of thiophene rings is 1. The molecule has 1 saturated carbocycles. The van der Waals surface area contributed by atoms with Crippen LogP contribution < -0.4 is 9.47 Å². The third kappa shape index (κ3) is 5.23. The Hall–Kier alpha value is -2.05. The summed E-state index contributed by atoms with van der Waals surface area (Å²) < 4.78 is 16.5. The molecule has 1 heterocycles. The Kier molecular flexibility index (Phi) is 7.12. The third-order valence-electron chi connectivity index (χ3n) is 4.88. The third-order valence-corrected chi connectivity index (χ3v) is 5.73. The number of nitrogens with zero attached hydrogens (tertiary/aromatic N) is 1. The number of carbonyl (C=O) groups excluding carboxylic acids is 1. The van der Waals surface area contributed by atoms with Crippen LogP contribution in [0.3, 0.4) is 0 Å². The number of carbonyl (C=O) groups is 1. The lowest BCUT2D eigenvalue weighted by atomic mass is 10.1. The van der Waals surface area contributed by atoms with Crippen molar-refractivity contribution in [3.63, 3.8) is 0 Å². The molecule has 0 atom stereocenters. The molecule has 0 saturated heterocycles. The van der Waals surface area contributed by atoms with Gasteiger partial charge in [0.25, 0.3) is 0 Å². The van der Waals surface area contributed by atoms with Crippen LogP contribution >= 0.6 is 11.3 Å². The van der Waals surface area contributed by atoms with E-state index in [1.807, 2.05) is 40.6 Å². The van der Waals surface area contributed by atoms with E-state index < -0.39 is 0 Å². The van der Waals surface area contributed by atoms with Crippen molar-refractivity contribution in [2.24, 2.45) is 0 Å². The van der Waals surface area contributed by atoms with Crippen molar-refractivity contribution in [2.75, 3.05) is 20.8 Å². The summed E-state index contributed by atoms with van der Waals surface area (Å²) in [6.07, 6.45) is 4.49. The fraction of sp³-hybridized carbons (Fsp3) is 0.476. The second-order valence-electron chi connectivity index (χ2n) is 6.75. The van der Waals surface area contributed by atoms with E-state index in [2.05, 4.69) is 0 Å². The highest BCUT2D eigenvalue weighted by molar-refractivity contribution is 7.09. The molecule has 6 heteroatoms. The SMILES string of the molecule is COCC(=O)N(Cc1ccc(OC)c(OCc2cccs2)c1)C1CCCC1. The summed E-state index contributed by atoms with van der Waals surface area (Å²) in [4.78, 5) is 15.7. The van der Waals surface area contributed by atoms with Crippen LogP contribution in [0.4, 0.5) is 0 Å². The topological polar surface area (TPSA) is 48.0 Å². The average Bonchev–Trinajstić information content (AvgIpc) is 3.38. The zero-order chi connectivity index (χ0) is 19.1. The molecule has 27 heavy (non-hydrogen) atoms. The fourth-order valence-corrected chi connectivity index (χ4v) is 4.13. The van der Waals surface area contributed by atoms with Crippen molar-refractivity contribution >= 4 is 17.2 Å². The molecule has 146 valence electrons. The Morgan fingerprint density at radius 3 is 2.67 bits per heavy atom. The molecule has 0 spiro atoms. The smallest absolute Gasteiger partial charge is 0.249 e. The Labute approximate surface area is 164 Å². The normalized spacial score (nSPS) is 14.3. The summed E-state index contributed by atoms with van der Waals surface area (Å²) in [7, 11) is 3.20. The second kappa shape index (κ2) is 9.76. The van der Waals surface area contributed by atoms with Gasteiger partial charge < -0.3 is 19.1 Å². The number of benzene rings is 1. The fourth-order valence-electron chi connectivity index (χ4n) is 3.52. The van der Waals surface area contributed by atoms with Gasteiger partial charge >= 0.3 is 0 Å². The van der Waals surface area contributed by atoms with Gasteiger partial charge in [-0.2, -0.15) is 0 Å². The Bertz CT molecular complexity index is 726. The van der Waals surface area contributed by atoms with E-state index >= 15 is 0 Å². The minimum atomic E-state index is 0.0428. The van der Waals surface area contributed by atoms with Gasteiger partial charge in [0.15, 0.2) is 11.5 Å². The molecule has 0 bridgehead atoms. The molecule has 3 rings (SSSR count). The maximum Gasteiger partial charge on any atom is 0.249 e. The first-order chi connectivity index (χ1) is 13.2. The summed E-state index contributed by atoms with van der Waals surface area (Å²) in [6.45, 7) is 1.19. The number of hydrogen-bond acceptors (Lipinski definition) is 5. The molecular formula is C21H27NO4S. The lowest BCUT2D eigenvalue weighted by Crippen LogP contribution is -2.40. The van der Waals surface area contributed by atoms with Crippen molar-refractivity contribution in [2.45, 2.75) is 44.9 Å². The number of hydrogen-bond donors (Lipinski definition) is 0. The van der Waals surface area contributed by atoms with Crippen LogP contribution in [-0.4, -0.2) is 37.7 Å². The van der Waals surface area contributed by atoms with E-state index in [1.165, 1.54) is 12.8 Å². The van der Waals surface area contributed by atoms with Crippen LogP contribution in [0.15, 0.2) is 35.7 Å². The first-order valence-electron chi connectivity index (χ1n) is 9.31. The van der Waals surface area contributed by atoms with Crippen LogP contribution in [0.1, 0.15) is 36.1 Å². The summed E-state index contributed by atoms with van der Waals surface area (Å²) >= 11 is 1.66. The molecule has 2 aromatic rings. The highest BCUT2D eigenvalue weighted by Gasteiger charge is 2.26. The average molecular weight is 390 g/mol. The van der Waals surface area contributed by atoms with Crippen molar-refractivity contribution in [3.8, 4) is 11.5 Å². The van der Waals surface area contributed by atoms with Crippen molar-refractivity contribution < 1.29 is 19.0 Å². The minimum absolute atomic E-state index is 0.0428. The molecule has 0 aliphatic heterocycles. The summed E-state index contributed by atoms with van der Waals surface area (Å²) in [5, 5.41) is 2.03. The molecule has 1 amide bonds. The van der Waals surface area contributed by atoms with Gasteiger partial charge in [-0.3, -0.25) is 4.79 Å². The Morgan fingerprint density at radius 2 is 2.00 bits per heavy atom. The zero-order valence-electron chi connectivity index (χ0n) is 16.0. The van der Waals surface area contributed by atoms with E-state index in [4.69, 9.17) is 14.2 Å². The maximum absolute atomic E-state index is 12.6. The number of amides is 1. The first kappa shape index (κ1) is 19.7. The van der Waals surface area contributed by atoms with Crippen molar-refractivity contribution in [1.29, 1.82) is 0 Å². The van der Waals surface area contributed by atoms with E-state index in [9.17, 15) is 4.79 Å². The predicted molar refractivity (Wildman–Crippen MR) is 106 cm³/mol. The van der Waals surface area contributed by atoms with E-state index in [0.29, 0.717) is 30.7 Å². The molecule has 1 aliphatic rings. The van der Waals surface area contributed by atoms with Gasteiger partial charge in [0.2, 0.25) is 5.91 Å². The van der Waals surface area contributed by atoms with Crippen molar-refractivity contribution in [3.05, 3.63) is 46.2 Å². The number of ether oxygens (including phenoxy) is 3. The van der Waals surface area contributed by atoms with Gasteiger partial charge in [0.1, 0.15) is 13.2 Å². The molecule has 1 aromatic heterocycles. The molecule has 1 aliphatic carbocycles. The molecule has 1 fully saturated rings. The van der Waals surface area contributed by atoms with E-state index in [0.717, 1.165) is 23.3 Å². The highest BCUT2D eigenvalue weighted by atomic mass is 32.1. The molecule has 0 unspecified atom stereocenters. The van der Waals surface area contributed by atoms with Gasteiger partial charge in [0.05, 0.1) is 7.11 Å². The van der Waals surface area contributed by atoms with Gasteiger partial charge in [-0.15, -0.1) is 11.3 Å². The largest absolute Gasteiger partial charge is 0.493 e. The predicted octanol–water partition coefficient (Wildman–Crippen LogP) is 4.25. The first-order valence-corrected chi connectivity index (χ1v) is 10.2. The van der Waals surface area contributed by atoms with Gasteiger partial charge in [-0.05, 0) is 42.0 Å². The Balaban J connectivity index is 1.75. The lowest BCUT2D eigenvalue weighted by Gasteiger charge is -2.29. The Morgan fingerprint density at radius 1 is 1.19 bits per heavy atom. The number of rotatable bonds is 9. The molecule has 0 N–H and O–H groups in total. The van der Waals surface area contributed by atoms with Crippen LogP contribution in [0.25, 0.3) is 0 Å². The van der Waals surface area contributed by atoms with Gasteiger partial charge in [-0.25, -0.2) is 0 Å². The van der Waals surface area contributed by atoms with Crippen LogP contribution in [0.2, 0.25) is 0 Å². The molecule has 5 nitrogen and oxygen atoms in total. The zero-order valence-corrected chi connectivity index (χ0v) is 16.8. The number of methoxy groups -OCH3 is 2. The summed E-state index contributed by atoms with van der Waals surface area (Å²) in [6, 6.07) is 10.2. The van der Waals surface area contributed by atoms with E-state index in [-0.39, 0.29) is 12.5 Å². The maximum atomic E-state index is 12.6. The van der Waals surface area contributed by atoms with Crippen LogP contribution in [0.5, 0.6) is 11.5 Å². The molecule has 1 aromatic carbocycles.